The normalized spacial score (nSPS) is 17.3. The Labute approximate surface area is 116 Å². The van der Waals surface area contributed by atoms with Gasteiger partial charge in [-0.3, -0.25) is 9.78 Å². The molecule has 18 heavy (non-hydrogen) atoms. The zero-order valence-corrected chi connectivity index (χ0v) is 14.6. The van der Waals surface area contributed by atoms with E-state index in [0.717, 1.165) is 33.2 Å². The molecule has 1 aliphatic heterocycles. The van der Waals surface area contributed by atoms with Crippen LogP contribution in [0, 0.1) is 0 Å². The predicted molar refractivity (Wildman–Crippen MR) is 87.9 cm³/mol. The number of nitrogens with zero attached hydrogens (tertiary/aromatic N) is 2. The van der Waals surface area contributed by atoms with Crippen molar-refractivity contribution in [3.63, 3.8) is 0 Å². The van der Waals surface area contributed by atoms with Crippen LogP contribution in [0.15, 0.2) is 12.3 Å². The number of carbonyl (C=O) groups excluding carboxylic acids is 1. The van der Waals surface area contributed by atoms with Gasteiger partial charge in [0.05, 0.1) is 12.1 Å². The maximum absolute atomic E-state index is 12.0. The summed E-state index contributed by atoms with van der Waals surface area (Å²) in [5, 5.41) is 1.39. The largest absolute Gasteiger partial charge is 0.338 e. The first-order valence-electron chi connectivity index (χ1n) is 5.93. The van der Waals surface area contributed by atoms with Crippen LogP contribution in [-0.2, 0) is 17.8 Å². The van der Waals surface area contributed by atoms with Gasteiger partial charge in [-0.05, 0) is 25.1 Å². The number of hydrogen-bond acceptors (Lipinski definition) is 2. The summed E-state index contributed by atoms with van der Waals surface area (Å²) in [7, 11) is 6.41. The van der Waals surface area contributed by atoms with E-state index in [9.17, 15) is 4.79 Å². The summed E-state index contributed by atoms with van der Waals surface area (Å²) in [5.74, 6) is 0.218. The van der Waals surface area contributed by atoms with E-state index in [2.05, 4.69) is 35.8 Å². The second-order valence-electron chi connectivity index (χ2n) is 4.25. The third-order valence-corrected chi connectivity index (χ3v) is 13.2. The minimum absolute atomic E-state index is 0.201. The Hall–Kier alpha value is 0.340. The Morgan fingerprint density at radius 3 is 3.06 bits per heavy atom. The van der Waals surface area contributed by atoms with Gasteiger partial charge in [-0.25, -0.2) is 0 Å². The third-order valence-electron chi connectivity index (χ3n) is 3.03. The lowest BCUT2D eigenvalue weighted by molar-refractivity contribution is -0.132. The first-order valence-corrected chi connectivity index (χ1v) is 12.5. The van der Waals surface area contributed by atoms with E-state index in [-0.39, 0.29) is 13.2 Å². The molecule has 3 nitrogen and oxygen atoms in total. The highest BCUT2D eigenvalue weighted by atomic mass is 32.6. The molecule has 1 aromatic rings. The molecule has 1 aliphatic rings. The highest BCUT2D eigenvalue weighted by molar-refractivity contribution is 8.63. The fourth-order valence-electron chi connectivity index (χ4n) is 2.15. The van der Waals surface area contributed by atoms with Crippen LogP contribution in [0.3, 0.4) is 0 Å². The molecular weight excluding hydrogens is 300 g/mol. The Bertz CT molecular complexity index is 455. The lowest BCUT2D eigenvalue weighted by atomic mass is 10.0. The van der Waals surface area contributed by atoms with Crippen molar-refractivity contribution in [1.82, 2.24) is 9.88 Å². The van der Waals surface area contributed by atoms with Gasteiger partial charge >= 0.3 is 0 Å². The molecule has 1 amide bonds. The van der Waals surface area contributed by atoms with Gasteiger partial charge in [0, 0.05) is 24.8 Å². The Morgan fingerprint density at radius 1 is 1.61 bits per heavy atom. The molecular formula is C11H18N2OP4. The second kappa shape index (κ2) is 6.67. The highest BCUT2D eigenvalue weighted by Crippen LogP contribution is 2.65. The molecule has 0 fully saturated rings. The zero-order chi connectivity index (χ0) is 13.1. The third kappa shape index (κ3) is 3.08. The van der Waals surface area contributed by atoms with Crippen molar-refractivity contribution in [2.24, 2.45) is 0 Å². The van der Waals surface area contributed by atoms with Crippen LogP contribution >= 0.6 is 33.1 Å². The number of hydrogen-bond donors (Lipinski definition) is 0. The minimum atomic E-state index is -0.201. The van der Waals surface area contributed by atoms with Crippen LogP contribution in [0.25, 0.3) is 0 Å². The van der Waals surface area contributed by atoms with Crippen molar-refractivity contribution in [2.75, 3.05) is 6.54 Å². The van der Waals surface area contributed by atoms with Crippen molar-refractivity contribution in [2.45, 2.75) is 26.3 Å². The van der Waals surface area contributed by atoms with Crippen molar-refractivity contribution < 1.29 is 4.79 Å². The molecule has 98 valence electrons. The second-order valence-corrected chi connectivity index (χ2v) is 13.4. The SMILES string of the molecule is CCCN1Cc2c(P(P)PP)ccnc2CC1=O. The summed E-state index contributed by atoms with van der Waals surface area (Å²) in [6.45, 7) is 3.71. The van der Waals surface area contributed by atoms with E-state index in [1.807, 2.05) is 11.1 Å². The molecule has 0 bridgehead atoms. The van der Waals surface area contributed by atoms with Gasteiger partial charge in [-0.15, -0.1) is 17.9 Å². The van der Waals surface area contributed by atoms with Crippen molar-refractivity contribution >= 4 is 44.3 Å². The summed E-state index contributed by atoms with van der Waals surface area (Å²) < 4.78 is 0. The molecule has 2 rings (SSSR count). The lowest BCUT2D eigenvalue weighted by Crippen LogP contribution is -2.39. The Morgan fingerprint density at radius 2 is 2.39 bits per heavy atom. The molecule has 4 unspecified atom stereocenters. The fraction of sp³-hybridized carbons (Fsp3) is 0.455. The first kappa shape index (κ1) is 14.7. The molecule has 0 N–H and O–H groups in total. The molecule has 0 aliphatic carbocycles. The van der Waals surface area contributed by atoms with Crippen LogP contribution in [0.5, 0.6) is 0 Å². The van der Waals surface area contributed by atoms with Gasteiger partial charge in [0.2, 0.25) is 5.91 Å². The smallest absolute Gasteiger partial charge is 0.228 e. The number of pyridine rings is 1. The van der Waals surface area contributed by atoms with E-state index in [1.54, 1.807) is 0 Å². The number of aromatic nitrogens is 1. The fourth-order valence-corrected chi connectivity index (χ4v) is 6.03. The predicted octanol–water partition coefficient (Wildman–Crippen LogP) is 2.66. The average molecular weight is 318 g/mol. The summed E-state index contributed by atoms with van der Waals surface area (Å²) in [5.41, 5.74) is 2.28. The average Bonchev–Trinajstić information content (AvgIpc) is 2.38. The Balaban J connectivity index is 2.35. The Kier molecular flexibility index (Phi) is 5.47. The zero-order valence-electron chi connectivity index (χ0n) is 10.4. The molecule has 0 spiro atoms. The lowest BCUT2D eigenvalue weighted by Gasteiger charge is -2.30. The van der Waals surface area contributed by atoms with E-state index in [0.29, 0.717) is 6.42 Å². The number of carbonyl (C=O) groups is 1. The molecule has 4 atom stereocenters. The van der Waals surface area contributed by atoms with Crippen LogP contribution in [-0.4, -0.2) is 22.3 Å². The molecule has 0 saturated carbocycles. The van der Waals surface area contributed by atoms with Gasteiger partial charge < -0.3 is 4.90 Å². The maximum atomic E-state index is 12.0. The van der Waals surface area contributed by atoms with Crippen LogP contribution in [0.1, 0.15) is 24.6 Å². The maximum Gasteiger partial charge on any atom is 0.228 e. The monoisotopic (exact) mass is 318 g/mol. The summed E-state index contributed by atoms with van der Waals surface area (Å²) in [4.78, 5) is 18.3. The van der Waals surface area contributed by atoms with Crippen LogP contribution in [0.2, 0.25) is 0 Å². The van der Waals surface area contributed by atoms with E-state index in [4.69, 9.17) is 0 Å². The van der Waals surface area contributed by atoms with E-state index >= 15 is 0 Å². The summed E-state index contributed by atoms with van der Waals surface area (Å²) >= 11 is 0. The molecule has 7 heteroatoms. The molecule has 1 aromatic heterocycles. The molecule has 0 saturated heterocycles. The molecule has 2 heterocycles. The van der Waals surface area contributed by atoms with Crippen molar-refractivity contribution in [1.29, 1.82) is 0 Å². The van der Waals surface area contributed by atoms with Crippen LogP contribution < -0.4 is 5.30 Å². The van der Waals surface area contributed by atoms with Gasteiger partial charge in [-0.2, -0.15) is 0 Å². The topological polar surface area (TPSA) is 33.2 Å². The van der Waals surface area contributed by atoms with Crippen LogP contribution in [0.4, 0.5) is 0 Å². The quantitative estimate of drug-likeness (QED) is 0.800. The molecule has 0 aromatic carbocycles. The highest BCUT2D eigenvalue weighted by Gasteiger charge is 2.26. The van der Waals surface area contributed by atoms with Crippen molar-refractivity contribution in [3.8, 4) is 0 Å². The standard InChI is InChI=1S/C11H18N2OP4/c1-2-5-13-7-8-9(6-11(13)14)12-4-3-10(8)18(16)17-15/h3-4,17H,2,5-7,15-16H2,1H3. The van der Waals surface area contributed by atoms with Gasteiger partial charge in [0.25, 0.3) is 0 Å². The summed E-state index contributed by atoms with van der Waals surface area (Å²) in [6, 6.07) is 2.12. The van der Waals surface area contributed by atoms with E-state index in [1.165, 1.54) is 10.9 Å². The molecule has 0 radical (unpaired) electrons. The number of amides is 1. The first-order chi connectivity index (χ1) is 8.67. The van der Waals surface area contributed by atoms with Gasteiger partial charge in [-0.1, -0.05) is 14.9 Å². The van der Waals surface area contributed by atoms with Gasteiger partial charge in [0.15, 0.2) is 0 Å². The van der Waals surface area contributed by atoms with Gasteiger partial charge in [0.1, 0.15) is 0 Å². The van der Waals surface area contributed by atoms with Crippen molar-refractivity contribution in [3.05, 3.63) is 23.5 Å². The summed E-state index contributed by atoms with van der Waals surface area (Å²) in [6.07, 6.45) is 3.33. The van der Waals surface area contributed by atoms with E-state index < -0.39 is 0 Å². The number of rotatable bonds is 4. The number of fused-ring (bicyclic) bond motifs is 1. The minimum Gasteiger partial charge on any atom is -0.338 e.